The van der Waals surface area contributed by atoms with E-state index in [9.17, 15) is 10.2 Å². The molecule has 0 aliphatic carbocycles. The molecular weight excluding hydrogens is 312 g/mol. The van der Waals surface area contributed by atoms with Crippen LogP contribution in [0.15, 0.2) is 0 Å². The molecule has 0 spiro atoms. The van der Waals surface area contributed by atoms with Crippen molar-refractivity contribution in [1.82, 2.24) is 0 Å². The van der Waals surface area contributed by atoms with Crippen molar-refractivity contribution in [3.8, 4) is 0 Å². The maximum Gasteiger partial charge on any atom is 0.184 e. The van der Waals surface area contributed by atoms with E-state index in [-0.39, 0.29) is 0 Å². The lowest BCUT2D eigenvalue weighted by molar-refractivity contribution is -0.303. The van der Waals surface area contributed by atoms with Crippen LogP contribution in [-0.4, -0.2) is 67.3 Å². The van der Waals surface area contributed by atoms with Crippen LogP contribution in [0.4, 0.5) is 0 Å². The molecule has 0 aromatic rings. The molecule has 1 unspecified atom stereocenters. The van der Waals surface area contributed by atoms with Crippen molar-refractivity contribution in [3.63, 3.8) is 0 Å². The minimum atomic E-state index is -1.28. The highest BCUT2D eigenvalue weighted by molar-refractivity contribution is 4.91. The first-order chi connectivity index (χ1) is 11.7. The summed E-state index contributed by atoms with van der Waals surface area (Å²) in [5, 5.41) is 20.3. The van der Waals surface area contributed by atoms with Crippen molar-refractivity contribution in [2.24, 2.45) is 0 Å². The Hall–Kier alpha value is -0.240. The number of aliphatic hydroxyl groups is 2. The summed E-state index contributed by atoms with van der Waals surface area (Å²) < 4.78 is 23.0. The Morgan fingerprint density at radius 2 is 1.33 bits per heavy atom. The molecule has 0 amide bonds. The predicted molar refractivity (Wildman–Crippen MR) is 91.9 cm³/mol. The first-order valence-corrected chi connectivity index (χ1v) is 9.48. The first-order valence-electron chi connectivity index (χ1n) is 9.48. The van der Waals surface area contributed by atoms with Gasteiger partial charge in [-0.3, -0.25) is 0 Å². The van der Waals surface area contributed by atoms with Crippen LogP contribution in [0.2, 0.25) is 0 Å². The second-order valence-corrected chi connectivity index (χ2v) is 6.36. The highest BCUT2D eigenvalue weighted by atomic mass is 16.7. The molecule has 0 aromatic carbocycles. The molecule has 0 saturated carbocycles. The van der Waals surface area contributed by atoms with Gasteiger partial charge >= 0.3 is 0 Å². The van der Waals surface area contributed by atoms with E-state index in [0.29, 0.717) is 26.4 Å². The fourth-order valence-electron chi connectivity index (χ4n) is 2.61. The van der Waals surface area contributed by atoms with E-state index in [2.05, 4.69) is 20.8 Å². The summed E-state index contributed by atoms with van der Waals surface area (Å²) in [5.74, 6) is 0. The van der Waals surface area contributed by atoms with Crippen LogP contribution < -0.4 is 0 Å². The van der Waals surface area contributed by atoms with Crippen molar-refractivity contribution < 1.29 is 29.2 Å². The van der Waals surface area contributed by atoms with Crippen LogP contribution >= 0.6 is 0 Å². The molecule has 24 heavy (non-hydrogen) atoms. The molecular formula is C18H36O6. The van der Waals surface area contributed by atoms with Gasteiger partial charge in [-0.15, -0.1) is 0 Å². The highest BCUT2D eigenvalue weighted by Crippen LogP contribution is 2.26. The SMILES string of the molecule is CCCCOC[C@@H]1OC(O)[C@@H](O)[C@@H](OCCCC)[C@@H]1OCCCC. The van der Waals surface area contributed by atoms with Crippen molar-refractivity contribution in [3.05, 3.63) is 0 Å². The Balaban J connectivity index is 2.68. The van der Waals surface area contributed by atoms with Crippen molar-refractivity contribution >= 4 is 0 Å². The number of hydrogen-bond acceptors (Lipinski definition) is 6. The van der Waals surface area contributed by atoms with Crippen LogP contribution in [0, 0.1) is 0 Å². The topological polar surface area (TPSA) is 77.4 Å². The average molecular weight is 348 g/mol. The van der Waals surface area contributed by atoms with Crippen molar-refractivity contribution in [2.45, 2.75) is 90.0 Å². The van der Waals surface area contributed by atoms with Gasteiger partial charge in [0, 0.05) is 19.8 Å². The Kier molecular flexibility index (Phi) is 11.8. The largest absolute Gasteiger partial charge is 0.385 e. The fourth-order valence-corrected chi connectivity index (χ4v) is 2.61. The maximum absolute atomic E-state index is 10.3. The predicted octanol–water partition coefficient (Wildman–Crippen LogP) is 2.25. The van der Waals surface area contributed by atoms with E-state index in [1.807, 2.05) is 0 Å². The minimum Gasteiger partial charge on any atom is -0.385 e. The molecule has 0 aromatic heterocycles. The monoisotopic (exact) mass is 348 g/mol. The lowest BCUT2D eigenvalue weighted by Crippen LogP contribution is -2.60. The van der Waals surface area contributed by atoms with Gasteiger partial charge < -0.3 is 29.2 Å². The maximum atomic E-state index is 10.3. The molecule has 1 saturated heterocycles. The zero-order chi connectivity index (χ0) is 17.8. The van der Waals surface area contributed by atoms with E-state index in [0.717, 1.165) is 38.5 Å². The number of rotatable bonds is 13. The number of unbranched alkanes of at least 4 members (excludes halogenated alkanes) is 3. The zero-order valence-electron chi connectivity index (χ0n) is 15.5. The third-order valence-corrected chi connectivity index (χ3v) is 4.17. The van der Waals surface area contributed by atoms with Gasteiger partial charge in [-0.25, -0.2) is 0 Å². The summed E-state index contributed by atoms with van der Waals surface area (Å²) in [6.07, 6.45) is 2.04. The van der Waals surface area contributed by atoms with Gasteiger partial charge in [-0.05, 0) is 19.3 Å². The number of aliphatic hydroxyl groups excluding tert-OH is 2. The van der Waals surface area contributed by atoms with Gasteiger partial charge in [0.05, 0.1) is 6.61 Å². The van der Waals surface area contributed by atoms with Crippen LogP contribution in [0.3, 0.4) is 0 Å². The first kappa shape index (κ1) is 21.8. The quantitative estimate of drug-likeness (QED) is 0.497. The molecule has 0 bridgehead atoms. The van der Waals surface area contributed by atoms with Gasteiger partial charge in [-0.1, -0.05) is 40.0 Å². The molecule has 1 fully saturated rings. The van der Waals surface area contributed by atoms with Crippen LogP contribution in [0.5, 0.6) is 0 Å². The Morgan fingerprint density at radius 3 is 1.92 bits per heavy atom. The second-order valence-electron chi connectivity index (χ2n) is 6.36. The lowest BCUT2D eigenvalue weighted by Gasteiger charge is -2.42. The van der Waals surface area contributed by atoms with Crippen molar-refractivity contribution in [2.75, 3.05) is 26.4 Å². The Bertz CT molecular complexity index is 301. The van der Waals surface area contributed by atoms with Gasteiger partial charge in [-0.2, -0.15) is 0 Å². The molecule has 144 valence electrons. The van der Waals surface area contributed by atoms with Crippen LogP contribution in [0.25, 0.3) is 0 Å². The zero-order valence-corrected chi connectivity index (χ0v) is 15.5. The summed E-state index contributed by atoms with van der Waals surface area (Å²) >= 11 is 0. The summed E-state index contributed by atoms with van der Waals surface area (Å²) in [7, 11) is 0. The average Bonchev–Trinajstić information content (AvgIpc) is 2.58. The smallest absolute Gasteiger partial charge is 0.184 e. The number of ether oxygens (including phenoxy) is 4. The fraction of sp³-hybridized carbons (Fsp3) is 1.00. The van der Waals surface area contributed by atoms with E-state index in [4.69, 9.17) is 18.9 Å². The molecule has 6 nitrogen and oxygen atoms in total. The molecule has 1 aliphatic heterocycles. The van der Waals surface area contributed by atoms with E-state index in [1.54, 1.807) is 0 Å². The summed E-state index contributed by atoms with van der Waals surface area (Å²) in [6.45, 7) is 8.37. The van der Waals surface area contributed by atoms with Crippen LogP contribution in [0.1, 0.15) is 59.3 Å². The summed E-state index contributed by atoms with van der Waals surface area (Å²) in [5.41, 5.74) is 0. The van der Waals surface area contributed by atoms with Gasteiger partial charge in [0.1, 0.15) is 24.4 Å². The molecule has 1 heterocycles. The van der Waals surface area contributed by atoms with E-state index in [1.165, 1.54) is 0 Å². The van der Waals surface area contributed by atoms with E-state index >= 15 is 0 Å². The molecule has 1 aliphatic rings. The number of hydrogen-bond donors (Lipinski definition) is 2. The Morgan fingerprint density at radius 1 is 0.792 bits per heavy atom. The second kappa shape index (κ2) is 13.0. The normalized spacial score (nSPS) is 30.6. The van der Waals surface area contributed by atoms with Gasteiger partial charge in [0.15, 0.2) is 6.29 Å². The molecule has 5 atom stereocenters. The standard InChI is InChI=1S/C18H36O6/c1-4-7-10-21-13-14-16(22-11-8-5-2)17(23-12-9-6-3)15(19)18(20)24-14/h14-20H,4-13H2,1-3H3/t14-,15-,16+,17+,18?/m0/s1. The lowest BCUT2D eigenvalue weighted by atomic mass is 9.98. The van der Waals surface area contributed by atoms with Gasteiger partial charge in [0.2, 0.25) is 0 Å². The molecule has 0 radical (unpaired) electrons. The molecule has 2 N–H and O–H groups in total. The van der Waals surface area contributed by atoms with Gasteiger partial charge in [0.25, 0.3) is 0 Å². The molecule has 1 rings (SSSR count). The third kappa shape index (κ3) is 7.33. The van der Waals surface area contributed by atoms with Crippen LogP contribution in [-0.2, 0) is 18.9 Å². The summed E-state index contributed by atoms with van der Waals surface area (Å²) in [4.78, 5) is 0. The highest BCUT2D eigenvalue weighted by Gasteiger charge is 2.46. The van der Waals surface area contributed by atoms with E-state index < -0.39 is 30.7 Å². The summed E-state index contributed by atoms with van der Waals surface area (Å²) in [6, 6.07) is 0. The third-order valence-electron chi connectivity index (χ3n) is 4.17. The Labute approximate surface area is 146 Å². The minimum absolute atomic E-state index is 0.328. The molecule has 6 heteroatoms. The van der Waals surface area contributed by atoms with Crippen molar-refractivity contribution in [1.29, 1.82) is 0 Å².